The number of hydrogen-bond donors (Lipinski definition) is 5. The number of nitrogens with two attached hydrogens (primary N) is 1. The first-order valence-corrected chi connectivity index (χ1v) is 28.2. The lowest BCUT2D eigenvalue weighted by molar-refractivity contribution is -0.147. The third-order valence-electron chi connectivity index (χ3n) is 15.9. The van der Waals surface area contributed by atoms with Crippen molar-refractivity contribution in [3.05, 3.63) is 117 Å². The number of nitrogens with zero attached hydrogens (tertiary/aromatic N) is 8. The standard InChI is InChI=1S/C60H74FN13O8/c1-36(64-5)56(76)69-53(60(2,3)4)59(79)73-34-39-29-41(18-16-38(39)30-49(73)57(77)68-45-14-9-12-37-11-7-8-13-42(37)45)82-28-27-81-26-25-80-24-20-51(75)65-21-23-74-50-35-71(6)58(78)43-19-17-40(61)31-44(43)48-15-10-22-72(48)55-54(63)66-33-47(67-55)52(50)46(32-62)70-74/h7-8,11,13,16-19,29,31,33,36,45,48-49,53,64H,9-10,12,14-15,20-28,30,34-35H2,1-6H3,(H2,63,66)(H,65,75)(H,68,77)(H,69,76)/t36-,45+,48+,49-,53+/m0/s1. The highest BCUT2D eigenvalue weighted by Crippen LogP contribution is 2.41. The second kappa shape index (κ2) is 25.8. The summed E-state index contributed by atoms with van der Waals surface area (Å²) in [7, 11) is 3.32. The minimum atomic E-state index is -0.910. The van der Waals surface area contributed by atoms with Crippen molar-refractivity contribution in [1.82, 2.24) is 50.8 Å². The van der Waals surface area contributed by atoms with Gasteiger partial charge in [-0.25, -0.2) is 14.4 Å². The van der Waals surface area contributed by atoms with Crippen molar-refractivity contribution in [1.29, 1.82) is 5.26 Å². The summed E-state index contributed by atoms with van der Waals surface area (Å²) in [5.74, 6) is -0.853. The van der Waals surface area contributed by atoms with Crippen LogP contribution in [-0.2, 0) is 61.1 Å². The number of hydrogen-bond acceptors (Lipinski definition) is 15. The number of carbonyl (C=O) groups excluding carboxylic acids is 5. The van der Waals surface area contributed by atoms with E-state index in [2.05, 4.69) is 49.6 Å². The Kier molecular flexibility index (Phi) is 18.5. The molecule has 22 heteroatoms. The summed E-state index contributed by atoms with van der Waals surface area (Å²) >= 11 is 0. The lowest BCUT2D eigenvalue weighted by Gasteiger charge is -2.41. The molecule has 0 unspecified atom stereocenters. The van der Waals surface area contributed by atoms with Crippen LogP contribution in [0, 0.1) is 22.6 Å². The normalized spacial score (nSPS) is 18.2. The first-order valence-electron chi connectivity index (χ1n) is 28.2. The fourth-order valence-corrected chi connectivity index (χ4v) is 11.4. The van der Waals surface area contributed by atoms with Crippen LogP contribution in [0.25, 0.3) is 11.3 Å². The quantitative estimate of drug-likeness (QED) is 0.0677. The van der Waals surface area contributed by atoms with E-state index < -0.39 is 29.4 Å². The Morgan fingerprint density at radius 3 is 2.50 bits per heavy atom. The summed E-state index contributed by atoms with van der Waals surface area (Å²) in [5, 5.41) is 27.0. The number of aryl methyl sites for hydroxylation is 1. The maximum Gasteiger partial charge on any atom is 0.254 e. The maximum atomic E-state index is 14.8. The zero-order valence-electron chi connectivity index (χ0n) is 47.6. The van der Waals surface area contributed by atoms with Gasteiger partial charge in [0.2, 0.25) is 23.6 Å². The molecule has 1 aliphatic carbocycles. The Hall–Kier alpha value is -8.00. The van der Waals surface area contributed by atoms with E-state index in [1.165, 1.54) is 34.9 Å². The minimum Gasteiger partial charge on any atom is -0.491 e. The summed E-state index contributed by atoms with van der Waals surface area (Å²) in [6, 6.07) is 17.3. The number of ether oxygens (including phenoxy) is 3. The van der Waals surface area contributed by atoms with Crippen LogP contribution in [0.2, 0.25) is 0 Å². The second-order valence-corrected chi connectivity index (χ2v) is 22.5. The molecule has 2 aromatic heterocycles. The van der Waals surface area contributed by atoms with Crippen LogP contribution in [0.1, 0.15) is 121 Å². The fraction of sp³-hybridized carbons (Fsp3) is 0.483. The summed E-state index contributed by atoms with van der Waals surface area (Å²) in [6.07, 6.45) is 5.92. The number of halogens is 1. The van der Waals surface area contributed by atoms with Gasteiger partial charge in [0.25, 0.3) is 5.91 Å². The van der Waals surface area contributed by atoms with E-state index in [9.17, 15) is 33.6 Å². The Morgan fingerprint density at radius 1 is 0.939 bits per heavy atom. The van der Waals surface area contributed by atoms with Crippen molar-refractivity contribution in [2.24, 2.45) is 5.41 Å². The average molecular weight is 1120 g/mol. The Balaban J connectivity index is 0.757. The van der Waals surface area contributed by atoms with E-state index >= 15 is 0 Å². The van der Waals surface area contributed by atoms with Crippen LogP contribution < -0.4 is 36.6 Å². The lowest BCUT2D eigenvalue weighted by atomic mass is 9.83. The average Bonchev–Trinajstić information content (AvgIpc) is 3.66. The van der Waals surface area contributed by atoms with Gasteiger partial charge in [0, 0.05) is 45.1 Å². The van der Waals surface area contributed by atoms with Gasteiger partial charge >= 0.3 is 0 Å². The maximum absolute atomic E-state index is 14.8. The number of nitrogen functional groups attached to an aromatic ring is 1. The largest absolute Gasteiger partial charge is 0.491 e. The Bertz CT molecular complexity index is 3230. The molecule has 2 bridgehead atoms. The zero-order chi connectivity index (χ0) is 58.2. The van der Waals surface area contributed by atoms with Gasteiger partial charge in [-0.05, 0) is 110 Å². The molecule has 0 saturated carbocycles. The lowest BCUT2D eigenvalue weighted by Crippen LogP contribution is -2.62. The van der Waals surface area contributed by atoms with Crippen molar-refractivity contribution in [2.75, 3.05) is 70.9 Å². The van der Waals surface area contributed by atoms with Gasteiger partial charge in [0.1, 0.15) is 36.3 Å². The van der Waals surface area contributed by atoms with Gasteiger partial charge in [-0.2, -0.15) is 10.4 Å². The van der Waals surface area contributed by atoms with Crippen molar-refractivity contribution in [2.45, 2.75) is 122 Å². The predicted octanol–water partition coefficient (Wildman–Crippen LogP) is 5.06. The number of nitrogens with one attached hydrogen (secondary N) is 4. The SMILES string of the molecule is CN[C@@H](C)C(=O)N[C@H](C(=O)N1Cc2cc(OCCOCCOCCC(=O)NCCn3nc(C#N)c4c3CN(C)C(=O)c3ccc(F)cc3[C@H]3CCCN3c3nc-4cnc3N)ccc2C[C@H]1C(=O)N[C@@H]1CCCc2ccccc21)C(C)(C)C. The summed E-state index contributed by atoms with van der Waals surface area (Å²) < 4.78 is 33.9. The van der Waals surface area contributed by atoms with E-state index in [1.807, 2.05) is 56.0 Å². The van der Waals surface area contributed by atoms with Crippen molar-refractivity contribution >= 4 is 41.2 Å². The van der Waals surface area contributed by atoms with Crippen LogP contribution in [0.5, 0.6) is 5.75 Å². The smallest absolute Gasteiger partial charge is 0.254 e. The molecule has 1 fully saturated rings. The van der Waals surface area contributed by atoms with Crippen LogP contribution in [0.4, 0.5) is 16.0 Å². The molecule has 21 nitrogen and oxygen atoms in total. The first-order chi connectivity index (χ1) is 39.4. The number of amides is 5. The molecule has 5 amide bonds. The topological polar surface area (TPSA) is 264 Å². The van der Waals surface area contributed by atoms with Crippen LogP contribution in [0.15, 0.2) is 66.9 Å². The molecule has 5 atom stereocenters. The van der Waals surface area contributed by atoms with Gasteiger partial charge in [-0.15, -0.1) is 0 Å². The molecule has 434 valence electrons. The summed E-state index contributed by atoms with van der Waals surface area (Å²) in [5.41, 5.74) is 12.0. The van der Waals surface area contributed by atoms with Gasteiger partial charge in [-0.3, -0.25) is 28.7 Å². The number of carbonyl (C=O) groups is 5. The van der Waals surface area contributed by atoms with E-state index in [-0.39, 0.29) is 125 Å². The molecule has 6 N–H and O–H groups in total. The molecule has 9 rings (SSSR count). The molecule has 5 heterocycles. The third kappa shape index (κ3) is 13.2. The highest BCUT2D eigenvalue weighted by Gasteiger charge is 2.43. The number of nitriles is 1. The molecular weight excluding hydrogens is 1050 g/mol. The second-order valence-electron chi connectivity index (χ2n) is 22.5. The fourth-order valence-electron chi connectivity index (χ4n) is 11.4. The van der Waals surface area contributed by atoms with E-state index in [1.54, 1.807) is 30.6 Å². The minimum absolute atomic E-state index is 0.0149. The van der Waals surface area contributed by atoms with Gasteiger partial charge in [0.05, 0.1) is 80.8 Å². The monoisotopic (exact) mass is 1120 g/mol. The number of rotatable bonds is 19. The highest BCUT2D eigenvalue weighted by atomic mass is 19.1. The number of likely N-dealkylation sites (N-methyl/N-ethyl adjacent to an activating group) is 1. The van der Waals surface area contributed by atoms with E-state index in [0.29, 0.717) is 52.6 Å². The Morgan fingerprint density at radius 2 is 1.72 bits per heavy atom. The Labute approximate surface area is 477 Å². The summed E-state index contributed by atoms with van der Waals surface area (Å²) in [4.78, 5) is 83.9. The molecule has 0 spiro atoms. The predicted molar refractivity (Wildman–Crippen MR) is 303 cm³/mol. The number of benzene rings is 3. The molecule has 82 heavy (non-hydrogen) atoms. The molecule has 0 radical (unpaired) electrons. The molecule has 1 saturated heterocycles. The van der Waals surface area contributed by atoms with Gasteiger partial charge in [0.15, 0.2) is 17.3 Å². The van der Waals surface area contributed by atoms with Crippen molar-refractivity contribution in [3.8, 4) is 23.1 Å². The van der Waals surface area contributed by atoms with Crippen LogP contribution >= 0.6 is 0 Å². The van der Waals surface area contributed by atoms with Crippen molar-refractivity contribution in [3.63, 3.8) is 0 Å². The third-order valence-corrected chi connectivity index (χ3v) is 15.9. The van der Waals surface area contributed by atoms with Gasteiger partial charge in [-0.1, -0.05) is 51.1 Å². The first kappa shape index (κ1) is 58.6. The van der Waals surface area contributed by atoms with E-state index in [4.69, 9.17) is 24.9 Å². The number of fused-ring (bicyclic) bond motifs is 10. The van der Waals surface area contributed by atoms with E-state index in [0.717, 1.165) is 42.4 Å². The molecular formula is C60H74FN13O8. The number of aromatic nitrogens is 4. The summed E-state index contributed by atoms with van der Waals surface area (Å²) in [6.45, 7) is 9.54. The van der Waals surface area contributed by atoms with Crippen LogP contribution in [0.3, 0.4) is 0 Å². The molecule has 4 aliphatic rings. The zero-order valence-corrected chi connectivity index (χ0v) is 47.6. The number of anilines is 2. The van der Waals surface area contributed by atoms with Gasteiger partial charge < -0.3 is 55.9 Å². The molecule has 5 aromatic rings. The highest BCUT2D eigenvalue weighted by molar-refractivity contribution is 5.96. The van der Waals surface area contributed by atoms with Crippen molar-refractivity contribution < 1.29 is 42.6 Å². The van der Waals surface area contributed by atoms with Crippen LogP contribution in [-0.4, -0.2) is 137 Å². The molecule has 3 aliphatic heterocycles. The molecule has 3 aromatic carbocycles.